The van der Waals surface area contributed by atoms with Crippen LogP contribution in [0.5, 0.6) is 0 Å². The summed E-state index contributed by atoms with van der Waals surface area (Å²) in [6, 6.07) is 11.2. The Morgan fingerprint density at radius 3 is 2.83 bits per heavy atom. The summed E-state index contributed by atoms with van der Waals surface area (Å²) in [6.45, 7) is 2.81. The van der Waals surface area contributed by atoms with Crippen molar-refractivity contribution in [3.63, 3.8) is 0 Å². The molecule has 24 heavy (non-hydrogen) atoms. The molecular formula is C20H31NO3. The molecule has 1 heterocycles. The van der Waals surface area contributed by atoms with Gasteiger partial charge in [0.2, 0.25) is 0 Å². The van der Waals surface area contributed by atoms with Gasteiger partial charge >= 0.3 is 0 Å². The predicted molar refractivity (Wildman–Crippen MR) is 95.2 cm³/mol. The third-order valence-corrected chi connectivity index (χ3v) is 5.85. The maximum absolute atomic E-state index is 9.00. The Bertz CT molecular complexity index is 495. The van der Waals surface area contributed by atoms with Gasteiger partial charge in [-0.3, -0.25) is 4.90 Å². The molecule has 0 spiro atoms. The first kappa shape index (κ1) is 17.9. The molecule has 3 rings (SSSR count). The van der Waals surface area contributed by atoms with Gasteiger partial charge in [-0.2, -0.15) is 0 Å². The Kier molecular flexibility index (Phi) is 6.28. The van der Waals surface area contributed by atoms with Crippen LogP contribution in [0.4, 0.5) is 0 Å². The zero-order valence-corrected chi connectivity index (χ0v) is 14.8. The highest BCUT2D eigenvalue weighted by molar-refractivity contribution is 5.14. The zero-order valence-electron chi connectivity index (χ0n) is 14.8. The molecule has 1 aromatic rings. The number of benzene rings is 1. The molecule has 0 unspecified atom stereocenters. The molecular weight excluding hydrogens is 302 g/mol. The van der Waals surface area contributed by atoms with E-state index >= 15 is 0 Å². The lowest BCUT2D eigenvalue weighted by atomic mass is 9.79. The van der Waals surface area contributed by atoms with E-state index in [2.05, 4.69) is 35.2 Å². The number of rotatable bonds is 8. The minimum absolute atomic E-state index is 0.0197. The first-order valence-electron chi connectivity index (χ1n) is 9.33. The van der Waals surface area contributed by atoms with Crippen molar-refractivity contribution in [3.8, 4) is 0 Å². The SMILES string of the molecule is CO[C@@]12CC[C@@H](OCCO)C[C@@H]1N(CCCc1ccccc1)CC2. The highest BCUT2D eigenvalue weighted by atomic mass is 16.5. The highest BCUT2D eigenvalue weighted by Gasteiger charge is 2.50. The van der Waals surface area contributed by atoms with Gasteiger partial charge in [0.1, 0.15) is 0 Å². The molecule has 3 atom stereocenters. The van der Waals surface area contributed by atoms with Crippen molar-refractivity contribution in [1.82, 2.24) is 4.90 Å². The number of fused-ring (bicyclic) bond motifs is 1. The Hall–Kier alpha value is -0.940. The second-order valence-corrected chi connectivity index (χ2v) is 7.15. The summed E-state index contributed by atoms with van der Waals surface area (Å²) in [4.78, 5) is 2.61. The maximum atomic E-state index is 9.00. The molecule has 2 aliphatic rings. The summed E-state index contributed by atoms with van der Waals surface area (Å²) >= 11 is 0. The van der Waals surface area contributed by atoms with Gasteiger partial charge in [0, 0.05) is 19.7 Å². The van der Waals surface area contributed by atoms with Crippen LogP contribution >= 0.6 is 0 Å². The number of methoxy groups -OCH3 is 1. The number of likely N-dealkylation sites (tertiary alicyclic amines) is 1. The first-order valence-corrected chi connectivity index (χ1v) is 9.33. The maximum Gasteiger partial charge on any atom is 0.0847 e. The van der Waals surface area contributed by atoms with Crippen LogP contribution in [0.25, 0.3) is 0 Å². The minimum Gasteiger partial charge on any atom is -0.394 e. The number of hydrogen-bond donors (Lipinski definition) is 1. The largest absolute Gasteiger partial charge is 0.394 e. The quantitative estimate of drug-likeness (QED) is 0.794. The Balaban J connectivity index is 1.55. The van der Waals surface area contributed by atoms with E-state index in [1.54, 1.807) is 0 Å². The average molecular weight is 333 g/mol. The van der Waals surface area contributed by atoms with Gasteiger partial charge in [-0.05, 0) is 50.6 Å². The molecule has 1 aliphatic heterocycles. The molecule has 1 aromatic carbocycles. The molecule has 4 heteroatoms. The topological polar surface area (TPSA) is 41.9 Å². The van der Waals surface area contributed by atoms with Crippen LogP contribution in [0.2, 0.25) is 0 Å². The second-order valence-electron chi connectivity index (χ2n) is 7.15. The molecule has 134 valence electrons. The van der Waals surface area contributed by atoms with Gasteiger partial charge < -0.3 is 14.6 Å². The fourth-order valence-corrected chi connectivity index (χ4v) is 4.53. The number of aryl methyl sites for hydroxylation is 1. The molecule has 1 saturated heterocycles. The molecule has 0 bridgehead atoms. The summed E-state index contributed by atoms with van der Waals surface area (Å²) in [5.41, 5.74) is 1.44. The van der Waals surface area contributed by atoms with Crippen LogP contribution in [0.15, 0.2) is 30.3 Å². The van der Waals surface area contributed by atoms with Crippen LogP contribution in [-0.2, 0) is 15.9 Å². The van der Waals surface area contributed by atoms with Gasteiger partial charge in [-0.1, -0.05) is 30.3 Å². The van der Waals surface area contributed by atoms with Crippen molar-refractivity contribution in [2.45, 2.75) is 56.3 Å². The smallest absolute Gasteiger partial charge is 0.0847 e. The summed E-state index contributed by atoms with van der Waals surface area (Å²) in [5.74, 6) is 0. The standard InChI is InChI=1S/C20H31NO3/c1-23-20-10-9-18(24-15-14-22)16-19(20)21(13-11-20)12-5-8-17-6-3-2-4-7-17/h2-4,6-7,18-19,22H,5,8-16H2,1H3/t18-,19+,20-/m1/s1. The lowest BCUT2D eigenvalue weighted by Crippen LogP contribution is -2.52. The lowest BCUT2D eigenvalue weighted by molar-refractivity contribution is -0.103. The van der Waals surface area contributed by atoms with Crippen LogP contribution in [-0.4, -0.2) is 61.2 Å². The molecule has 1 N–H and O–H groups in total. The summed E-state index contributed by atoms with van der Waals surface area (Å²) in [5, 5.41) is 9.00. The van der Waals surface area contributed by atoms with Crippen LogP contribution in [0, 0.1) is 0 Å². The van der Waals surface area contributed by atoms with Crippen molar-refractivity contribution >= 4 is 0 Å². The lowest BCUT2D eigenvalue weighted by Gasteiger charge is -2.43. The third kappa shape index (κ3) is 3.99. The van der Waals surface area contributed by atoms with Crippen molar-refractivity contribution in [1.29, 1.82) is 0 Å². The summed E-state index contributed by atoms with van der Waals surface area (Å²) < 4.78 is 11.8. The molecule has 2 fully saturated rings. The van der Waals surface area contributed by atoms with E-state index in [1.165, 1.54) is 12.0 Å². The fourth-order valence-electron chi connectivity index (χ4n) is 4.53. The van der Waals surface area contributed by atoms with E-state index in [1.807, 2.05) is 7.11 Å². The van der Waals surface area contributed by atoms with Crippen molar-refractivity contribution in [2.24, 2.45) is 0 Å². The number of hydrogen-bond acceptors (Lipinski definition) is 4. The molecule has 0 amide bonds. The number of ether oxygens (including phenoxy) is 2. The predicted octanol–water partition coefficient (Wildman–Crippen LogP) is 2.64. The van der Waals surface area contributed by atoms with E-state index in [0.717, 1.165) is 45.2 Å². The Morgan fingerprint density at radius 2 is 2.08 bits per heavy atom. The highest BCUT2D eigenvalue weighted by Crippen LogP contribution is 2.43. The summed E-state index contributed by atoms with van der Waals surface area (Å²) in [6.07, 6.45) is 6.85. The number of aliphatic hydroxyl groups is 1. The van der Waals surface area contributed by atoms with Gasteiger partial charge in [0.05, 0.1) is 24.9 Å². The van der Waals surface area contributed by atoms with E-state index < -0.39 is 0 Å². The van der Waals surface area contributed by atoms with Crippen molar-refractivity contribution in [3.05, 3.63) is 35.9 Å². The van der Waals surface area contributed by atoms with Gasteiger partial charge in [0.25, 0.3) is 0 Å². The average Bonchev–Trinajstić information content (AvgIpc) is 2.99. The first-order chi connectivity index (χ1) is 11.8. The van der Waals surface area contributed by atoms with E-state index in [4.69, 9.17) is 14.6 Å². The van der Waals surface area contributed by atoms with E-state index in [0.29, 0.717) is 12.6 Å². The fraction of sp³-hybridized carbons (Fsp3) is 0.700. The number of aliphatic hydroxyl groups excluding tert-OH is 1. The molecule has 0 radical (unpaired) electrons. The molecule has 0 aromatic heterocycles. The van der Waals surface area contributed by atoms with E-state index in [-0.39, 0.29) is 18.3 Å². The number of nitrogens with zero attached hydrogens (tertiary/aromatic N) is 1. The second kappa shape index (κ2) is 8.43. The summed E-state index contributed by atoms with van der Waals surface area (Å²) in [7, 11) is 1.87. The monoisotopic (exact) mass is 333 g/mol. The molecule has 1 aliphatic carbocycles. The third-order valence-electron chi connectivity index (χ3n) is 5.85. The van der Waals surface area contributed by atoms with Gasteiger partial charge in [-0.15, -0.1) is 0 Å². The van der Waals surface area contributed by atoms with Crippen LogP contribution in [0.1, 0.15) is 37.7 Å². The van der Waals surface area contributed by atoms with E-state index in [9.17, 15) is 0 Å². The molecule has 1 saturated carbocycles. The Morgan fingerprint density at radius 1 is 1.25 bits per heavy atom. The van der Waals surface area contributed by atoms with Gasteiger partial charge in [0.15, 0.2) is 0 Å². The van der Waals surface area contributed by atoms with Crippen LogP contribution in [0.3, 0.4) is 0 Å². The Labute approximate surface area is 145 Å². The van der Waals surface area contributed by atoms with Crippen molar-refractivity contribution < 1.29 is 14.6 Å². The van der Waals surface area contributed by atoms with Crippen LogP contribution < -0.4 is 0 Å². The molecule has 4 nitrogen and oxygen atoms in total. The van der Waals surface area contributed by atoms with Gasteiger partial charge in [-0.25, -0.2) is 0 Å². The van der Waals surface area contributed by atoms with Crippen molar-refractivity contribution in [2.75, 3.05) is 33.4 Å². The normalized spacial score (nSPS) is 30.4. The zero-order chi connectivity index (χ0) is 16.8. The minimum atomic E-state index is 0.0197.